The molecule has 7 heteroatoms. The molecule has 0 spiro atoms. The summed E-state index contributed by atoms with van der Waals surface area (Å²) in [6.07, 6.45) is 0. The van der Waals surface area contributed by atoms with E-state index in [-0.39, 0.29) is 4.90 Å². The summed E-state index contributed by atoms with van der Waals surface area (Å²) in [6, 6.07) is 22.0. The van der Waals surface area contributed by atoms with E-state index in [1.165, 1.54) is 12.1 Å². The van der Waals surface area contributed by atoms with Gasteiger partial charge in [-0.1, -0.05) is 35.9 Å². The van der Waals surface area contributed by atoms with Gasteiger partial charge in [0.2, 0.25) is 10.0 Å². The topological polar surface area (TPSA) is 98.0 Å². The molecule has 0 unspecified atom stereocenters. The van der Waals surface area contributed by atoms with Gasteiger partial charge in [0, 0.05) is 16.6 Å². The number of fused-ring (bicyclic) bond motifs is 1. The Bertz CT molecular complexity index is 1270. The number of anilines is 2. The second-order valence-electron chi connectivity index (χ2n) is 6.48. The number of rotatable bonds is 4. The first-order valence-corrected chi connectivity index (χ1v) is 10.2. The van der Waals surface area contributed by atoms with Gasteiger partial charge >= 0.3 is 0 Å². The lowest BCUT2D eigenvalue weighted by Gasteiger charge is -2.12. The van der Waals surface area contributed by atoms with Crippen molar-refractivity contribution in [3.05, 3.63) is 78.4 Å². The SMILES string of the molecule is Cc1cccc(-c2nc(Nc3ccc(S(N)(=O)=O)cc3)c3ccccc3n2)c1. The third-order valence-electron chi connectivity index (χ3n) is 4.33. The second kappa shape index (κ2) is 7.03. The van der Waals surface area contributed by atoms with E-state index in [4.69, 9.17) is 10.1 Å². The normalized spacial score (nSPS) is 11.5. The molecule has 140 valence electrons. The number of para-hydroxylation sites is 1. The number of hydrogen-bond donors (Lipinski definition) is 2. The summed E-state index contributed by atoms with van der Waals surface area (Å²) in [5, 5.41) is 9.29. The maximum Gasteiger partial charge on any atom is 0.238 e. The van der Waals surface area contributed by atoms with E-state index in [0.717, 1.165) is 22.0 Å². The quantitative estimate of drug-likeness (QED) is 0.549. The maximum absolute atomic E-state index is 11.4. The molecule has 3 aromatic carbocycles. The number of nitrogens with two attached hydrogens (primary N) is 1. The number of nitrogens with zero attached hydrogens (tertiary/aromatic N) is 2. The Morgan fingerprint density at radius 1 is 0.893 bits per heavy atom. The molecule has 0 saturated heterocycles. The number of sulfonamides is 1. The highest BCUT2D eigenvalue weighted by Crippen LogP contribution is 2.28. The molecule has 0 saturated carbocycles. The molecule has 0 amide bonds. The van der Waals surface area contributed by atoms with Gasteiger partial charge in [-0.15, -0.1) is 0 Å². The Labute approximate surface area is 163 Å². The lowest BCUT2D eigenvalue weighted by Crippen LogP contribution is -2.11. The van der Waals surface area contributed by atoms with Crippen LogP contribution >= 0.6 is 0 Å². The molecule has 4 aromatic rings. The van der Waals surface area contributed by atoms with Crippen molar-refractivity contribution in [2.24, 2.45) is 5.14 Å². The standard InChI is InChI=1S/C21H18N4O2S/c1-14-5-4-6-15(13-14)20-24-19-8-3-2-7-18(19)21(25-20)23-16-9-11-17(12-10-16)28(22,26)27/h2-13H,1H3,(H2,22,26,27)(H,23,24,25). The van der Waals surface area contributed by atoms with Crippen LogP contribution in [-0.4, -0.2) is 18.4 Å². The molecule has 3 N–H and O–H groups in total. The third kappa shape index (κ3) is 3.71. The van der Waals surface area contributed by atoms with Gasteiger partial charge in [0.15, 0.2) is 5.82 Å². The minimum atomic E-state index is -3.73. The predicted octanol–water partition coefficient (Wildman–Crippen LogP) is 4.00. The van der Waals surface area contributed by atoms with Crippen molar-refractivity contribution < 1.29 is 8.42 Å². The highest BCUT2D eigenvalue weighted by atomic mass is 32.2. The molecular weight excluding hydrogens is 372 g/mol. The zero-order chi connectivity index (χ0) is 19.7. The van der Waals surface area contributed by atoms with E-state index in [1.807, 2.05) is 55.5 Å². The minimum absolute atomic E-state index is 0.0612. The van der Waals surface area contributed by atoms with Crippen molar-refractivity contribution in [3.63, 3.8) is 0 Å². The van der Waals surface area contributed by atoms with Gasteiger partial charge in [0.1, 0.15) is 5.82 Å². The monoisotopic (exact) mass is 390 g/mol. The fourth-order valence-corrected chi connectivity index (χ4v) is 3.47. The zero-order valence-electron chi connectivity index (χ0n) is 15.1. The van der Waals surface area contributed by atoms with Crippen molar-refractivity contribution in [1.82, 2.24) is 9.97 Å². The molecule has 1 heterocycles. The molecule has 0 aliphatic carbocycles. The Morgan fingerprint density at radius 2 is 1.64 bits per heavy atom. The van der Waals surface area contributed by atoms with Gasteiger partial charge in [-0.2, -0.15) is 0 Å². The second-order valence-corrected chi connectivity index (χ2v) is 8.04. The fraction of sp³-hybridized carbons (Fsp3) is 0.0476. The van der Waals surface area contributed by atoms with Crippen molar-refractivity contribution in [3.8, 4) is 11.4 Å². The largest absolute Gasteiger partial charge is 0.340 e. The average molecular weight is 390 g/mol. The van der Waals surface area contributed by atoms with Crippen LogP contribution in [0.25, 0.3) is 22.3 Å². The van der Waals surface area contributed by atoms with Crippen molar-refractivity contribution in [2.45, 2.75) is 11.8 Å². The van der Waals surface area contributed by atoms with Crippen LogP contribution in [0.3, 0.4) is 0 Å². The van der Waals surface area contributed by atoms with Crippen LogP contribution in [0.5, 0.6) is 0 Å². The summed E-state index contributed by atoms with van der Waals surface area (Å²) in [5.41, 5.74) is 3.57. The minimum Gasteiger partial charge on any atom is -0.340 e. The van der Waals surface area contributed by atoms with Crippen LogP contribution in [0.4, 0.5) is 11.5 Å². The summed E-state index contributed by atoms with van der Waals surface area (Å²) in [4.78, 5) is 9.46. The number of aryl methyl sites for hydroxylation is 1. The van der Waals surface area contributed by atoms with Gasteiger partial charge < -0.3 is 5.32 Å². The lowest BCUT2D eigenvalue weighted by atomic mass is 10.1. The summed E-state index contributed by atoms with van der Waals surface area (Å²) >= 11 is 0. The Kier molecular flexibility index (Phi) is 4.54. The number of hydrogen-bond acceptors (Lipinski definition) is 5. The van der Waals surface area contributed by atoms with Crippen LogP contribution in [0, 0.1) is 6.92 Å². The van der Waals surface area contributed by atoms with Crippen molar-refractivity contribution in [1.29, 1.82) is 0 Å². The fourth-order valence-electron chi connectivity index (χ4n) is 2.95. The highest BCUT2D eigenvalue weighted by Gasteiger charge is 2.11. The number of aromatic nitrogens is 2. The summed E-state index contributed by atoms with van der Waals surface area (Å²) in [5.74, 6) is 1.26. The molecule has 4 rings (SSSR count). The Hall–Kier alpha value is -3.29. The lowest BCUT2D eigenvalue weighted by molar-refractivity contribution is 0.598. The first-order valence-electron chi connectivity index (χ1n) is 8.64. The van der Waals surface area contributed by atoms with Crippen molar-refractivity contribution in [2.75, 3.05) is 5.32 Å². The highest BCUT2D eigenvalue weighted by molar-refractivity contribution is 7.89. The van der Waals surface area contributed by atoms with E-state index in [2.05, 4.69) is 10.3 Å². The third-order valence-corrected chi connectivity index (χ3v) is 5.25. The zero-order valence-corrected chi connectivity index (χ0v) is 15.9. The van der Waals surface area contributed by atoms with Gasteiger partial charge in [-0.05, 0) is 49.4 Å². The molecule has 0 fully saturated rings. The first kappa shape index (κ1) is 18.1. The molecule has 0 radical (unpaired) electrons. The summed E-state index contributed by atoms with van der Waals surface area (Å²) in [7, 11) is -3.73. The van der Waals surface area contributed by atoms with Crippen LogP contribution < -0.4 is 10.5 Å². The molecule has 28 heavy (non-hydrogen) atoms. The smallest absolute Gasteiger partial charge is 0.238 e. The molecule has 0 bridgehead atoms. The molecule has 1 aromatic heterocycles. The first-order chi connectivity index (χ1) is 13.4. The molecule has 0 aliphatic heterocycles. The van der Waals surface area contributed by atoms with Crippen LogP contribution in [0.15, 0.2) is 77.7 Å². The summed E-state index contributed by atoms with van der Waals surface area (Å²) < 4.78 is 22.9. The average Bonchev–Trinajstić information content (AvgIpc) is 2.67. The van der Waals surface area contributed by atoms with Gasteiger partial charge in [-0.3, -0.25) is 0 Å². The number of benzene rings is 3. The maximum atomic E-state index is 11.4. The molecule has 0 atom stereocenters. The molecule has 6 nitrogen and oxygen atoms in total. The van der Waals surface area contributed by atoms with Crippen LogP contribution in [0.1, 0.15) is 5.56 Å². The van der Waals surface area contributed by atoms with E-state index in [9.17, 15) is 8.42 Å². The van der Waals surface area contributed by atoms with E-state index in [0.29, 0.717) is 17.3 Å². The molecule has 0 aliphatic rings. The van der Waals surface area contributed by atoms with Gasteiger partial charge in [0.25, 0.3) is 0 Å². The number of primary sulfonamides is 1. The van der Waals surface area contributed by atoms with E-state index in [1.54, 1.807) is 12.1 Å². The van der Waals surface area contributed by atoms with Crippen LogP contribution in [0.2, 0.25) is 0 Å². The van der Waals surface area contributed by atoms with E-state index < -0.39 is 10.0 Å². The van der Waals surface area contributed by atoms with E-state index >= 15 is 0 Å². The van der Waals surface area contributed by atoms with Crippen LogP contribution in [-0.2, 0) is 10.0 Å². The van der Waals surface area contributed by atoms with Gasteiger partial charge in [-0.25, -0.2) is 23.5 Å². The number of nitrogens with one attached hydrogen (secondary N) is 1. The van der Waals surface area contributed by atoms with Gasteiger partial charge in [0.05, 0.1) is 10.4 Å². The van der Waals surface area contributed by atoms with Crippen molar-refractivity contribution >= 4 is 32.4 Å². The Balaban J connectivity index is 1.79. The predicted molar refractivity (Wildman–Crippen MR) is 111 cm³/mol. The Morgan fingerprint density at radius 3 is 2.36 bits per heavy atom. The summed E-state index contributed by atoms with van der Waals surface area (Å²) in [6.45, 7) is 2.02. The molecular formula is C21H18N4O2S.